The first kappa shape index (κ1) is 20.8. The van der Waals surface area contributed by atoms with Crippen LogP contribution in [0.5, 0.6) is 5.75 Å². The lowest BCUT2D eigenvalue weighted by atomic mass is 9.82. The first-order valence-electron chi connectivity index (χ1n) is 10.5. The van der Waals surface area contributed by atoms with Crippen molar-refractivity contribution in [3.05, 3.63) is 58.8 Å². The molecule has 1 aromatic heterocycles. The van der Waals surface area contributed by atoms with Crippen LogP contribution in [0.3, 0.4) is 0 Å². The molecule has 0 fully saturated rings. The molecule has 4 rings (SSSR count). The highest BCUT2D eigenvalue weighted by Crippen LogP contribution is 2.44. The van der Waals surface area contributed by atoms with Crippen molar-refractivity contribution in [1.82, 2.24) is 15.1 Å². The van der Waals surface area contributed by atoms with Gasteiger partial charge in [-0.25, -0.2) is 8.78 Å². The standard InChI is InChI=1S/C24H29F2N3O/c1-14(2)16-6-7-18(22(11-16)30-5)23-17-8-9-21-20(12-27-28-21)19(17)10-15(3)29(23)13-24(4,25)26/h6-9,11-12,14-15,23H,10,13H2,1-5H3,(H,27,28)/t15-,23+/m1/s1. The fourth-order valence-electron chi connectivity index (χ4n) is 4.65. The van der Waals surface area contributed by atoms with Crippen molar-refractivity contribution < 1.29 is 13.5 Å². The monoisotopic (exact) mass is 413 g/mol. The number of aromatic amines is 1. The van der Waals surface area contributed by atoms with Crippen LogP contribution in [0.2, 0.25) is 0 Å². The first-order chi connectivity index (χ1) is 14.2. The van der Waals surface area contributed by atoms with E-state index in [1.165, 1.54) is 5.56 Å². The summed E-state index contributed by atoms with van der Waals surface area (Å²) in [6.45, 7) is 6.97. The Balaban J connectivity index is 1.93. The highest BCUT2D eigenvalue weighted by molar-refractivity contribution is 5.83. The van der Waals surface area contributed by atoms with E-state index in [0.717, 1.165) is 40.3 Å². The summed E-state index contributed by atoms with van der Waals surface area (Å²) >= 11 is 0. The fraction of sp³-hybridized carbons (Fsp3) is 0.458. The summed E-state index contributed by atoms with van der Waals surface area (Å²) in [6, 6.07) is 9.83. The second kappa shape index (κ2) is 7.65. The molecular weight excluding hydrogens is 384 g/mol. The van der Waals surface area contributed by atoms with Crippen LogP contribution >= 0.6 is 0 Å². The second-order valence-corrected chi connectivity index (χ2v) is 8.82. The second-order valence-electron chi connectivity index (χ2n) is 8.82. The zero-order valence-electron chi connectivity index (χ0n) is 18.2. The number of fused-ring (bicyclic) bond motifs is 3. The van der Waals surface area contributed by atoms with E-state index in [-0.39, 0.29) is 18.6 Å². The summed E-state index contributed by atoms with van der Waals surface area (Å²) in [5.41, 5.74) is 5.27. The van der Waals surface area contributed by atoms with Crippen molar-refractivity contribution in [2.75, 3.05) is 13.7 Å². The maximum atomic E-state index is 14.2. The van der Waals surface area contributed by atoms with Crippen molar-refractivity contribution in [1.29, 1.82) is 0 Å². The Morgan fingerprint density at radius 1 is 1.23 bits per heavy atom. The maximum Gasteiger partial charge on any atom is 0.257 e. The summed E-state index contributed by atoms with van der Waals surface area (Å²) in [5, 5.41) is 8.28. The quantitative estimate of drug-likeness (QED) is 0.585. The van der Waals surface area contributed by atoms with Gasteiger partial charge in [0.15, 0.2) is 0 Å². The maximum absolute atomic E-state index is 14.2. The van der Waals surface area contributed by atoms with Crippen LogP contribution < -0.4 is 4.74 Å². The predicted molar refractivity (Wildman–Crippen MR) is 116 cm³/mol. The molecule has 3 aromatic rings. The van der Waals surface area contributed by atoms with Gasteiger partial charge in [0.1, 0.15) is 5.75 Å². The lowest BCUT2D eigenvalue weighted by Gasteiger charge is -2.43. The molecule has 0 saturated heterocycles. The van der Waals surface area contributed by atoms with E-state index in [1.54, 1.807) is 7.11 Å². The number of ether oxygens (including phenoxy) is 1. The summed E-state index contributed by atoms with van der Waals surface area (Å²) in [7, 11) is 1.65. The highest BCUT2D eigenvalue weighted by atomic mass is 19.3. The van der Waals surface area contributed by atoms with Crippen LogP contribution in [-0.4, -0.2) is 40.7 Å². The van der Waals surface area contributed by atoms with Gasteiger partial charge in [0.05, 0.1) is 31.4 Å². The Kier molecular flexibility index (Phi) is 5.30. The Hall–Kier alpha value is -2.47. The molecule has 2 heterocycles. The predicted octanol–water partition coefficient (Wildman–Crippen LogP) is 5.69. The highest BCUT2D eigenvalue weighted by Gasteiger charge is 2.40. The van der Waals surface area contributed by atoms with Crippen molar-refractivity contribution in [2.45, 2.75) is 58.0 Å². The molecule has 1 N–H and O–H groups in total. The molecule has 1 aliphatic rings. The largest absolute Gasteiger partial charge is 0.496 e. The number of hydrogen-bond donors (Lipinski definition) is 1. The van der Waals surface area contributed by atoms with Crippen LogP contribution in [0.25, 0.3) is 10.9 Å². The normalized spacial score (nSPS) is 20.0. The first-order valence-corrected chi connectivity index (χ1v) is 10.5. The Labute approximate surface area is 176 Å². The number of nitrogens with zero attached hydrogens (tertiary/aromatic N) is 2. The molecule has 0 radical (unpaired) electrons. The summed E-state index contributed by atoms with van der Waals surface area (Å²) < 4.78 is 34.2. The van der Waals surface area contributed by atoms with Crippen LogP contribution in [0, 0.1) is 0 Å². The average Bonchev–Trinajstić information content (AvgIpc) is 3.16. The molecule has 0 bridgehead atoms. The van der Waals surface area contributed by atoms with Gasteiger partial charge in [-0.1, -0.05) is 32.0 Å². The molecule has 2 aromatic carbocycles. The van der Waals surface area contributed by atoms with Crippen LogP contribution in [0.1, 0.15) is 61.9 Å². The molecule has 0 unspecified atom stereocenters. The van der Waals surface area contributed by atoms with E-state index in [0.29, 0.717) is 12.3 Å². The molecule has 0 amide bonds. The molecule has 0 saturated carbocycles. The van der Waals surface area contributed by atoms with Gasteiger partial charge >= 0.3 is 0 Å². The molecule has 2 atom stereocenters. The molecule has 4 nitrogen and oxygen atoms in total. The van der Waals surface area contributed by atoms with E-state index in [4.69, 9.17) is 4.74 Å². The van der Waals surface area contributed by atoms with E-state index < -0.39 is 5.92 Å². The molecule has 1 aliphatic heterocycles. The van der Waals surface area contributed by atoms with Gasteiger partial charge in [-0.15, -0.1) is 0 Å². The smallest absolute Gasteiger partial charge is 0.257 e. The van der Waals surface area contributed by atoms with Crippen molar-refractivity contribution >= 4 is 10.9 Å². The van der Waals surface area contributed by atoms with E-state index in [1.807, 2.05) is 42.3 Å². The number of H-pyrrole nitrogens is 1. The summed E-state index contributed by atoms with van der Waals surface area (Å²) in [5.74, 6) is -1.70. The third-order valence-electron chi connectivity index (χ3n) is 6.14. The number of benzene rings is 2. The lowest BCUT2D eigenvalue weighted by Crippen LogP contribution is -2.47. The topological polar surface area (TPSA) is 41.1 Å². The fourth-order valence-corrected chi connectivity index (χ4v) is 4.65. The number of methoxy groups -OCH3 is 1. The van der Waals surface area contributed by atoms with Crippen molar-refractivity contribution in [3.8, 4) is 5.75 Å². The minimum Gasteiger partial charge on any atom is -0.496 e. The van der Waals surface area contributed by atoms with Gasteiger partial charge in [0, 0.05) is 23.9 Å². The molecular formula is C24H29F2N3O. The third-order valence-corrected chi connectivity index (χ3v) is 6.14. The number of hydrogen-bond acceptors (Lipinski definition) is 3. The van der Waals surface area contributed by atoms with Crippen LogP contribution in [0.4, 0.5) is 8.78 Å². The lowest BCUT2D eigenvalue weighted by molar-refractivity contribution is -0.0364. The minimum absolute atomic E-state index is 0.0525. The molecule has 160 valence electrons. The van der Waals surface area contributed by atoms with E-state index in [2.05, 4.69) is 30.1 Å². The van der Waals surface area contributed by atoms with E-state index >= 15 is 0 Å². The van der Waals surface area contributed by atoms with Gasteiger partial charge in [0.25, 0.3) is 5.92 Å². The summed E-state index contributed by atoms with van der Waals surface area (Å²) in [4.78, 5) is 1.92. The van der Waals surface area contributed by atoms with Gasteiger partial charge in [-0.2, -0.15) is 5.10 Å². The number of aromatic nitrogens is 2. The van der Waals surface area contributed by atoms with Crippen molar-refractivity contribution in [2.24, 2.45) is 0 Å². The average molecular weight is 414 g/mol. The Morgan fingerprint density at radius 2 is 1.97 bits per heavy atom. The molecule has 0 aliphatic carbocycles. The zero-order chi connectivity index (χ0) is 21.6. The SMILES string of the molecule is COc1cc(C(C)C)ccc1[C@@H]1c2ccc3[nH]ncc3c2C[C@@H](C)N1CC(C)(F)F. The van der Waals surface area contributed by atoms with E-state index in [9.17, 15) is 8.78 Å². The van der Waals surface area contributed by atoms with Gasteiger partial charge < -0.3 is 4.74 Å². The van der Waals surface area contributed by atoms with Gasteiger partial charge in [-0.3, -0.25) is 10.00 Å². The van der Waals surface area contributed by atoms with Crippen LogP contribution in [-0.2, 0) is 6.42 Å². The summed E-state index contributed by atoms with van der Waals surface area (Å²) in [6.07, 6.45) is 2.53. The number of rotatable bonds is 5. The Morgan fingerprint density at radius 3 is 2.63 bits per heavy atom. The van der Waals surface area contributed by atoms with Crippen molar-refractivity contribution in [3.63, 3.8) is 0 Å². The third kappa shape index (κ3) is 3.69. The minimum atomic E-state index is -2.80. The van der Waals surface area contributed by atoms with Gasteiger partial charge in [-0.05, 0) is 48.1 Å². The number of halogens is 2. The number of nitrogens with one attached hydrogen (secondary N) is 1. The van der Waals surface area contributed by atoms with Crippen LogP contribution in [0.15, 0.2) is 36.5 Å². The molecule has 30 heavy (non-hydrogen) atoms. The van der Waals surface area contributed by atoms with Gasteiger partial charge in [0.2, 0.25) is 0 Å². The molecule has 6 heteroatoms. The zero-order valence-corrected chi connectivity index (χ0v) is 18.2. The Bertz CT molecular complexity index is 1050. The molecule has 0 spiro atoms. The number of alkyl halides is 2.